The third kappa shape index (κ3) is 3.81. The lowest BCUT2D eigenvalue weighted by molar-refractivity contribution is -0.126. The minimum Gasteiger partial charge on any atom is -0.376 e. The Kier molecular flexibility index (Phi) is 5.15. The molecule has 2 rings (SSSR count). The molecule has 1 amide bonds. The molecule has 0 radical (unpaired) electrons. The van der Waals surface area contributed by atoms with Crippen molar-refractivity contribution >= 4 is 5.91 Å². The number of carbonyl (C=O) groups excluding carboxylic acids is 1. The van der Waals surface area contributed by atoms with Gasteiger partial charge in [-0.05, 0) is 25.3 Å². The van der Waals surface area contributed by atoms with E-state index in [1.54, 1.807) is 6.92 Å². The van der Waals surface area contributed by atoms with Gasteiger partial charge in [-0.1, -0.05) is 43.2 Å². The summed E-state index contributed by atoms with van der Waals surface area (Å²) in [5.41, 5.74) is 5.94. The Bertz CT molecular complexity index is 425. The van der Waals surface area contributed by atoms with Crippen molar-refractivity contribution in [3.05, 3.63) is 35.9 Å². The number of nitrogens with one attached hydrogen (secondary N) is 1. The standard InChI is InChI=1S/C16H24N2O2/c1-16(17,13-7-3-2-4-8-13)15(19)18-11-12-20-14-9-5-6-10-14/h2-4,7-8,14H,5-6,9-12,17H2,1H3,(H,18,19). The van der Waals surface area contributed by atoms with Crippen molar-refractivity contribution in [2.24, 2.45) is 5.73 Å². The Labute approximate surface area is 120 Å². The van der Waals surface area contributed by atoms with Gasteiger partial charge in [-0.3, -0.25) is 4.79 Å². The van der Waals surface area contributed by atoms with Crippen molar-refractivity contribution in [1.29, 1.82) is 0 Å². The Balaban J connectivity index is 1.76. The minimum atomic E-state index is -1.01. The van der Waals surface area contributed by atoms with E-state index in [-0.39, 0.29) is 5.91 Å². The number of hydrogen-bond acceptors (Lipinski definition) is 3. The van der Waals surface area contributed by atoms with Crippen LogP contribution in [0, 0.1) is 0 Å². The maximum absolute atomic E-state index is 12.2. The summed E-state index contributed by atoms with van der Waals surface area (Å²) in [6.45, 7) is 2.80. The second kappa shape index (κ2) is 6.86. The predicted octanol–water partition coefficient (Wildman–Crippen LogP) is 1.94. The van der Waals surface area contributed by atoms with Crippen molar-refractivity contribution in [3.8, 4) is 0 Å². The number of rotatable bonds is 6. The van der Waals surface area contributed by atoms with Crippen LogP contribution in [-0.2, 0) is 15.1 Å². The lowest BCUT2D eigenvalue weighted by Crippen LogP contribution is -2.49. The summed E-state index contributed by atoms with van der Waals surface area (Å²) in [5, 5.41) is 2.86. The second-order valence-electron chi connectivity index (χ2n) is 5.60. The molecule has 0 aromatic heterocycles. The number of amides is 1. The van der Waals surface area contributed by atoms with Crippen LogP contribution in [0.2, 0.25) is 0 Å². The quantitative estimate of drug-likeness (QED) is 0.780. The maximum Gasteiger partial charge on any atom is 0.244 e. The van der Waals surface area contributed by atoms with Gasteiger partial charge in [0.05, 0.1) is 12.7 Å². The maximum atomic E-state index is 12.2. The van der Waals surface area contributed by atoms with Crippen LogP contribution in [0.4, 0.5) is 0 Å². The zero-order chi connectivity index (χ0) is 14.4. The first-order valence-electron chi connectivity index (χ1n) is 7.35. The molecule has 1 aromatic carbocycles. The molecule has 1 atom stereocenters. The second-order valence-corrected chi connectivity index (χ2v) is 5.60. The highest BCUT2D eigenvalue weighted by Crippen LogP contribution is 2.20. The summed E-state index contributed by atoms with van der Waals surface area (Å²) in [7, 11) is 0. The van der Waals surface area contributed by atoms with E-state index in [1.807, 2.05) is 30.3 Å². The topological polar surface area (TPSA) is 64.4 Å². The molecule has 1 aliphatic rings. The van der Waals surface area contributed by atoms with Gasteiger partial charge >= 0.3 is 0 Å². The number of ether oxygens (including phenoxy) is 1. The molecule has 1 aromatic rings. The molecule has 0 bridgehead atoms. The van der Waals surface area contributed by atoms with Crippen molar-refractivity contribution < 1.29 is 9.53 Å². The summed E-state index contributed by atoms with van der Waals surface area (Å²) < 4.78 is 5.72. The van der Waals surface area contributed by atoms with Gasteiger partial charge in [0.25, 0.3) is 0 Å². The Morgan fingerprint density at radius 3 is 2.65 bits per heavy atom. The van der Waals surface area contributed by atoms with Crippen LogP contribution in [-0.4, -0.2) is 25.2 Å². The highest BCUT2D eigenvalue weighted by atomic mass is 16.5. The zero-order valence-corrected chi connectivity index (χ0v) is 12.1. The minimum absolute atomic E-state index is 0.168. The molecular formula is C16H24N2O2. The summed E-state index contributed by atoms with van der Waals surface area (Å²) in [6.07, 6.45) is 5.18. The molecule has 3 N–H and O–H groups in total. The van der Waals surface area contributed by atoms with Crippen molar-refractivity contribution in [2.45, 2.75) is 44.2 Å². The molecule has 0 heterocycles. The zero-order valence-electron chi connectivity index (χ0n) is 12.1. The van der Waals surface area contributed by atoms with Crippen LogP contribution >= 0.6 is 0 Å². The largest absolute Gasteiger partial charge is 0.376 e. The highest BCUT2D eigenvalue weighted by molar-refractivity contribution is 5.86. The average Bonchev–Trinajstić information content (AvgIpc) is 2.97. The van der Waals surface area contributed by atoms with Crippen LogP contribution in [0.1, 0.15) is 38.2 Å². The van der Waals surface area contributed by atoms with E-state index in [0.717, 1.165) is 18.4 Å². The number of nitrogens with two attached hydrogens (primary N) is 1. The van der Waals surface area contributed by atoms with E-state index in [4.69, 9.17) is 10.5 Å². The third-order valence-corrected chi connectivity index (χ3v) is 3.89. The summed E-state index contributed by atoms with van der Waals surface area (Å²) in [5.74, 6) is -0.168. The van der Waals surface area contributed by atoms with E-state index in [1.165, 1.54) is 12.8 Å². The first-order chi connectivity index (χ1) is 9.60. The number of carbonyl (C=O) groups is 1. The highest BCUT2D eigenvalue weighted by Gasteiger charge is 2.29. The van der Waals surface area contributed by atoms with Gasteiger partial charge in [-0.15, -0.1) is 0 Å². The monoisotopic (exact) mass is 276 g/mol. The molecule has 0 saturated heterocycles. The van der Waals surface area contributed by atoms with E-state index in [2.05, 4.69) is 5.32 Å². The summed E-state index contributed by atoms with van der Waals surface area (Å²) in [6, 6.07) is 9.42. The van der Waals surface area contributed by atoms with Crippen LogP contribution < -0.4 is 11.1 Å². The average molecular weight is 276 g/mol. The van der Waals surface area contributed by atoms with Gasteiger partial charge in [0, 0.05) is 6.54 Å². The molecule has 0 spiro atoms. The fourth-order valence-electron chi connectivity index (χ4n) is 2.54. The van der Waals surface area contributed by atoms with Gasteiger partial charge in [-0.2, -0.15) is 0 Å². The fourth-order valence-corrected chi connectivity index (χ4v) is 2.54. The van der Waals surface area contributed by atoms with Crippen molar-refractivity contribution in [3.63, 3.8) is 0 Å². The Hall–Kier alpha value is -1.39. The van der Waals surface area contributed by atoms with Crippen molar-refractivity contribution in [1.82, 2.24) is 5.32 Å². The predicted molar refractivity (Wildman–Crippen MR) is 79.2 cm³/mol. The first kappa shape index (κ1) is 15.0. The van der Waals surface area contributed by atoms with Gasteiger partial charge < -0.3 is 15.8 Å². The number of hydrogen-bond donors (Lipinski definition) is 2. The van der Waals surface area contributed by atoms with E-state index in [0.29, 0.717) is 19.3 Å². The summed E-state index contributed by atoms with van der Waals surface area (Å²) in [4.78, 5) is 12.2. The first-order valence-corrected chi connectivity index (χ1v) is 7.35. The molecule has 4 heteroatoms. The third-order valence-electron chi connectivity index (χ3n) is 3.89. The van der Waals surface area contributed by atoms with Crippen LogP contribution in [0.5, 0.6) is 0 Å². The molecule has 1 saturated carbocycles. The SMILES string of the molecule is CC(N)(C(=O)NCCOC1CCCC1)c1ccccc1. The van der Waals surface area contributed by atoms with E-state index < -0.39 is 5.54 Å². The normalized spacial score (nSPS) is 18.7. The molecule has 0 aliphatic heterocycles. The Morgan fingerprint density at radius 2 is 2.00 bits per heavy atom. The lowest BCUT2D eigenvalue weighted by atomic mass is 9.92. The molecule has 1 aliphatic carbocycles. The molecule has 20 heavy (non-hydrogen) atoms. The fraction of sp³-hybridized carbons (Fsp3) is 0.562. The Morgan fingerprint density at radius 1 is 1.35 bits per heavy atom. The molecule has 110 valence electrons. The molecule has 4 nitrogen and oxygen atoms in total. The van der Waals surface area contributed by atoms with Gasteiger partial charge in [0.2, 0.25) is 5.91 Å². The molecule has 1 fully saturated rings. The van der Waals surface area contributed by atoms with Gasteiger partial charge in [-0.25, -0.2) is 0 Å². The molecular weight excluding hydrogens is 252 g/mol. The van der Waals surface area contributed by atoms with Crippen LogP contribution in [0.25, 0.3) is 0 Å². The molecule has 1 unspecified atom stereocenters. The van der Waals surface area contributed by atoms with E-state index >= 15 is 0 Å². The van der Waals surface area contributed by atoms with Crippen LogP contribution in [0.3, 0.4) is 0 Å². The smallest absolute Gasteiger partial charge is 0.244 e. The summed E-state index contributed by atoms with van der Waals surface area (Å²) >= 11 is 0. The lowest BCUT2D eigenvalue weighted by Gasteiger charge is -2.24. The van der Waals surface area contributed by atoms with E-state index in [9.17, 15) is 4.79 Å². The number of benzene rings is 1. The van der Waals surface area contributed by atoms with Gasteiger partial charge in [0.15, 0.2) is 0 Å². The van der Waals surface area contributed by atoms with Crippen molar-refractivity contribution in [2.75, 3.05) is 13.2 Å². The van der Waals surface area contributed by atoms with Gasteiger partial charge in [0.1, 0.15) is 5.54 Å². The van der Waals surface area contributed by atoms with Crippen LogP contribution in [0.15, 0.2) is 30.3 Å².